The van der Waals surface area contributed by atoms with Gasteiger partial charge in [-0.25, -0.2) is 4.79 Å². The van der Waals surface area contributed by atoms with E-state index in [1.54, 1.807) is 0 Å². The summed E-state index contributed by atoms with van der Waals surface area (Å²) in [5, 5.41) is 9.40. The van der Waals surface area contributed by atoms with Crippen molar-refractivity contribution in [2.75, 3.05) is 18.1 Å². The first kappa shape index (κ1) is 27.4. The number of aliphatic hydroxyl groups excluding tert-OH is 1. The van der Waals surface area contributed by atoms with Crippen LogP contribution < -0.4 is 4.90 Å². The zero-order valence-corrected chi connectivity index (χ0v) is 23.4. The molecular formula is C36H37NO3. The van der Waals surface area contributed by atoms with Crippen LogP contribution in [0.15, 0.2) is 104 Å². The van der Waals surface area contributed by atoms with E-state index in [2.05, 4.69) is 116 Å². The Hall–Kier alpha value is -4.15. The van der Waals surface area contributed by atoms with E-state index in [1.807, 2.05) is 0 Å². The Kier molecular flexibility index (Phi) is 8.18. The third-order valence-electron chi connectivity index (χ3n) is 8.01. The maximum absolute atomic E-state index is 11.4. The van der Waals surface area contributed by atoms with Crippen molar-refractivity contribution in [3.8, 4) is 11.1 Å². The summed E-state index contributed by atoms with van der Waals surface area (Å²) in [6.07, 6.45) is 4.66. The maximum atomic E-state index is 11.4. The highest BCUT2D eigenvalue weighted by Crippen LogP contribution is 2.52. The maximum Gasteiger partial charge on any atom is 0.330 e. The molecule has 5 rings (SSSR count). The van der Waals surface area contributed by atoms with E-state index < -0.39 is 5.97 Å². The predicted octanol–water partition coefficient (Wildman–Crippen LogP) is 8.05. The molecule has 1 aliphatic carbocycles. The number of carbonyl (C=O) groups is 1. The van der Waals surface area contributed by atoms with Crippen molar-refractivity contribution >= 4 is 23.0 Å². The van der Waals surface area contributed by atoms with Crippen LogP contribution in [-0.2, 0) is 27.8 Å². The standard InChI is InChI=1S/C36H37NO3/c1-4-22-36(3)33-9-7-6-8-31(33)32-19-18-30(25-34(32)36)37(28-14-10-26(11-15-28)20-23-38)29-16-12-27(13-17-29)21-24-40-35(39)5-2/h5-19,25,38H,2,4,20-24H2,1,3H3. The van der Waals surface area contributed by atoms with Gasteiger partial charge in [-0.05, 0) is 82.6 Å². The first-order valence-corrected chi connectivity index (χ1v) is 14.1. The number of aliphatic hydroxyl groups is 1. The van der Waals surface area contributed by atoms with Crippen molar-refractivity contribution in [1.29, 1.82) is 0 Å². The number of fused-ring (bicyclic) bond motifs is 3. The van der Waals surface area contributed by atoms with Crippen molar-refractivity contribution in [3.05, 3.63) is 126 Å². The summed E-state index contributed by atoms with van der Waals surface area (Å²) in [4.78, 5) is 13.7. The molecule has 0 heterocycles. The number of rotatable bonds is 11. The summed E-state index contributed by atoms with van der Waals surface area (Å²) in [5.74, 6) is -0.402. The Morgan fingerprint density at radius 3 is 2.08 bits per heavy atom. The molecule has 0 bridgehead atoms. The lowest BCUT2D eigenvalue weighted by Crippen LogP contribution is -2.21. The molecule has 0 fully saturated rings. The lowest BCUT2D eigenvalue weighted by molar-refractivity contribution is -0.137. The third kappa shape index (κ3) is 5.32. The monoisotopic (exact) mass is 531 g/mol. The zero-order valence-electron chi connectivity index (χ0n) is 23.4. The number of ether oxygens (including phenoxy) is 1. The van der Waals surface area contributed by atoms with Crippen molar-refractivity contribution in [2.24, 2.45) is 0 Å². The van der Waals surface area contributed by atoms with Gasteiger partial charge in [0.15, 0.2) is 0 Å². The van der Waals surface area contributed by atoms with Crippen LogP contribution >= 0.6 is 0 Å². The second-order valence-electron chi connectivity index (χ2n) is 10.6. The first-order valence-electron chi connectivity index (χ1n) is 14.1. The van der Waals surface area contributed by atoms with Gasteiger partial charge in [0.05, 0.1) is 6.61 Å². The highest BCUT2D eigenvalue weighted by atomic mass is 16.5. The number of esters is 1. The molecule has 204 valence electrons. The summed E-state index contributed by atoms with van der Waals surface area (Å²) in [6.45, 7) is 8.55. The van der Waals surface area contributed by atoms with Gasteiger partial charge >= 0.3 is 5.97 Å². The van der Waals surface area contributed by atoms with Gasteiger partial charge in [0, 0.05) is 41.6 Å². The van der Waals surface area contributed by atoms with Gasteiger partial charge in [0.1, 0.15) is 0 Å². The summed E-state index contributed by atoms with van der Waals surface area (Å²) in [6, 6.07) is 32.5. The molecule has 1 unspecified atom stereocenters. The van der Waals surface area contributed by atoms with E-state index in [-0.39, 0.29) is 12.0 Å². The Morgan fingerprint density at radius 1 is 0.850 bits per heavy atom. The molecule has 0 saturated heterocycles. The van der Waals surface area contributed by atoms with Crippen LogP contribution in [-0.4, -0.2) is 24.3 Å². The quantitative estimate of drug-likeness (QED) is 0.157. The average molecular weight is 532 g/mol. The van der Waals surface area contributed by atoms with Gasteiger partial charge in [0.25, 0.3) is 0 Å². The largest absolute Gasteiger partial charge is 0.462 e. The molecule has 40 heavy (non-hydrogen) atoms. The average Bonchev–Trinajstić information content (AvgIpc) is 3.23. The fourth-order valence-electron chi connectivity index (χ4n) is 6.00. The van der Waals surface area contributed by atoms with E-state index in [4.69, 9.17) is 4.74 Å². The minimum Gasteiger partial charge on any atom is -0.462 e. The number of carbonyl (C=O) groups excluding carboxylic acids is 1. The van der Waals surface area contributed by atoms with Crippen molar-refractivity contribution < 1.29 is 14.6 Å². The fourth-order valence-corrected chi connectivity index (χ4v) is 6.00. The van der Waals surface area contributed by atoms with Gasteiger partial charge < -0.3 is 14.7 Å². The lowest BCUT2D eigenvalue weighted by atomic mass is 9.76. The molecule has 4 aromatic rings. The minimum atomic E-state index is -0.402. The zero-order chi connectivity index (χ0) is 28.1. The molecule has 0 amide bonds. The molecule has 1 N–H and O–H groups in total. The van der Waals surface area contributed by atoms with Crippen LogP contribution in [0, 0.1) is 0 Å². The van der Waals surface area contributed by atoms with Crippen LogP contribution in [0.2, 0.25) is 0 Å². The van der Waals surface area contributed by atoms with Crippen LogP contribution in [0.3, 0.4) is 0 Å². The van der Waals surface area contributed by atoms with Crippen LogP contribution in [0.25, 0.3) is 11.1 Å². The van der Waals surface area contributed by atoms with Gasteiger partial charge in [-0.15, -0.1) is 0 Å². The van der Waals surface area contributed by atoms with E-state index in [9.17, 15) is 9.90 Å². The van der Waals surface area contributed by atoms with Crippen molar-refractivity contribution in [3.63, 3.8) is 0 Å². The highest BCUT2D eigenvalue weighted by Gasteiger charge is 2.38. The van der Waals surface area contributed by atoms with Crippen molar-refractivity contribution in [1.82, 2.24) is 0 Å². The number of hydrogen-bond acceptors (Lipinski definition) is 4. The Balaban J connectivity index is 1.55. The molecule has 0 aliphatic heterocycles. The molecule has 1 atom stereocenters. The Morgan fingerprint density at radius 2 is 1.45 bits per heavy atom. The second-order valence-corrected chi connectivity index (χ2v) is 10.6. The molecule has 0 radical (unpaired) electrons. The van der Waals surface area contributed by atoms with Gasteiger partial charge in [-0.1, -0.05) is 81.4 Å². The first-order chi connectivity index (χ1) is 19.5. The highest BCUT2D eigenvalue weighted by molar-refractivity contribution is 5.85. The predicted molar refractivity (Wildman–Crippen MR) is 164 cm³/mol. The number of hydrogen-bond donors (Lipinski definition) is 1. The second kappa shape index (κ2) is 11.9. The smallest absolute Gasteiger partial charge is 0.330 e. The summed E-state index contributed by atoms with van der Waals surface area (Å²) < 4.78 is 5.17. The SMILES string of the molecule is C=CC(=O)OCCc1ccc(N(c2ccc(CCO)cc2)c2ccc3c(c2)C(C)(CCC)c2ccccc2-3)cc1. The van der Waals surface area contributed by atoms with Gasteiger partial charge in [-0.2, -0.15) is 0 Å². The lowest BCUT2D eigenvalue weighted by Gasteiger charge is -2.30. The molecule has 4 heteroatoms. The van der Waals surface area contributed by atoms with Crippen LogP contribution in [0.4, 0.5) is 17.1 Å². The molecule has 0 aromatic heterocycles. The summed E-state index contributed by atoms with van der Waals surface area (Å²) in [7, 11) is 0. The minimum absolute atomic E-state index is 0.0416. The number of benzene rings is 4. The number of anilines is 3. The molecule has 1 aliphatic rings. The fraction of sp³-hybridized carbons (Fsp3) is 0.250. The Labute approximate surface area is 237 Å². The summed E-state index contributed by atoms with van der Waals surface area (Å²) >= 11 is 0. The van der Waals surface area contributed by atoms with Gasteiger partial charge in [-0.3, -0.25) is 0 Å². The third-order valence-corrected chi connectivity index (χ3v) is 8.01. The molecule has 4 aromatic carbocycles. The van der Waals surface area contributed by atoms with E-state index in [0.717, 1.165) is 41.0 Å². The van der Waals surface area contributed by atoms with E-state index in [0.29, 0.717) is 19.4 Å². The molecule has 0 spiro atoms. The van der Waals surface area contributed by atoms with Crippen molar-refractivity contribution in [2.45, 2.75) is 44.9 Å². The van der Waals surface area contributed by atoms with E-state index >= 15 is 0 Å². The summed E-state index contributed by atoms with van der Waals surface area (Å²) in [5.41, 5.74) is 10.8. The van der Waals surface area contributed by atoms with Crippen LogP contribution in [0.1, 0.15) is 48.9 Å². The normalized spacial score (nSPS) is 15.3. The van der Waals surface area contributed by atoms with Crippen LogP contribution in [0.5, 0.6) is 0 Å². The topological polar surface area (TPSA) is 49.8 Å². The number of nitrogens with zero attached hydrogens (tertiary/aromatic N) is 1. The molecule has 0 saturated carbocycles. The Bertz CT molecular complexity index is 1490. The molecular weight excluding hydrogens is 494 g/mol. The van der Waals surface area contributed by atoms with E-state index in [1.165, 1.54) is 28.3 Å². The van der Waals surface area contributed by atoms with Gasteiger partial charge in [0.2, 0.25) is 0 Å². The molecule has 4 nitrogen and oxygen atoms in total.